The lowest BCUT2D eigenvalue weighted by atomic mass is 10.2. The molecule has 2 aromatic rings. The molecule has 1 fully saturated rings. The van der Waals surface area contributed by atoms with E-state index in [0.29, 0.717) is 17.5 Å². The van der Waals surface area contributed by atoms with Gasteiger partial charge >= 0.3 is 0 Å². The molecule has 8 heteroatoms. The van der Waals surface area contributed by atoms with E-state index in [1.54, 1.807) is 10.8 Å². The molecule has 102 valence electrons. The van der Waals surface area contributed by atoms with Gasteiger partial charge in [-0.2, -0.15) is 0 Å². The van der Waals surface area contributed by atoms with Crippen molar-refractivity contribution < 1.29 is 14.9 Å². The van der Waals surface area contributed by atoms with Crippen LogP contribution in [0.15, 0.2) is 17.3 Å². The van der Waals surface area contributed by atoms with Gasteiger partial charge in [0.25, 0.3) is 5.56 Å². The molecule has 19 heavy (non-hydrogen) atoms. The maximum absolute atomic E-state index is 11.8. The van der Waals surface area contributed by atoms with E-state index in [9.17, 15) is 9.90 Å². The van der Waals surface area contributed by atoms with Gasteiger partial charge in [0, 0.05) is 16.2 Å². The number of aliphatic hydroxyl groups is 2. The molecule has 0 aliphatic carbocycles. The minimum absolute atomic E-state index is 0.203. The van der Waals surface area contributed by atoms with Gasteiger partial charge in [0.15, 0.2) is 0 Å². The van der Waals surface area contributed by atoms with E-state index >= 15 is 0 Å². The second-order valence-electron chi connectivity index (χ2n) is 4.43. The van der Waals surface area contributed by atoms with Crippen LogP contribution in [0.4, 0.5) is 0 Å². The van der Waals surface area contributed by atoms with Crippen LogP contribution in [0, 0.1) is 3.57 Å². The Hall–Kier alpha value is -0.970. The van der Waals surface area contributed by atoms with Gasteiger partial charge in [0.05, 0.1) is 24.4 Å². The third-order valence-electron chi connectivity index (χ3n) is 3.26. The van der Waals surface area contributed by atoms with Crippen LogP contribution in [-0.2, 0) is 4.74 Å². The molecule has 3 rings (SSSR count). The van der Waals surface area contributed by atoms with Gasteiger partial charge in [-0.25, -0.2) is 4.98 Å². The lowest BCUT2D eigenvalue weighted by molar-refractivity contribution is -0.0430. The minimum Gasteiger partial charge on any atom is -0.394 e. The number of rotatable bonds is 2. The summed E-state index contributed by atoms with van der Waals surface area (Å²) in [6.07, 6.45) is 1.73. The highest BCUT2D eigenvalue weighted by Gasteiger charge is 2.35. The van der Waals surface area contributed by atoms with Gasteiger partial charge in [-0.3, -0.25) is 4.79 Å². The van der Waals surface area contributed by atoms with Crippen LogP contribution >= 0.6 is 22.6 Å². The largest absolute Gasteiger partial charge is 0.394 e. The van der Waals surface area contributed by atoms with Gasteiger partial charge in [-0.05, 0) is 22.6 Å². The molecule has 0 saturated carbocycles. The standard InChI is InChI=1S/C11H12IN3O4/c12-5-2-15(8-1-6(17)7(3-16)19-8)10-9(5)11(18)14-4-13-10/h2,4,6-8,16-17H,1,3H2,(H,13,14,18)/t6-,7+,8+/m0/s1. The van der Waals surface area contributed by atoms with Crippen LogP contribution < -0.4 is 5.56 Å². The Balaban J connectivity index is 2.08. The summed E-state index contributed by atoms with van der Waals surface area (Å²) >= 11 is 2.06. The Kier molecular flexibility index (Phi) is 3.33. The summed E-state index contributed by atoms with van der Waals surface area (Å²) in [5.74, 6) is 0. The van der Waals surface area contributed by atoms with Crippen molar-refractivity contribution in [3.8, 4) is 0 Å². The molecule has 0 bridgehead atoms. The zero-order valence-electron chi connectivity index (χ0n) is 9.78. The summed E-state index contributed by atoms with van der Waals surface area (Å²) in [5.41, 5.74) is 0.314. The third kappa shape index (κ3) is 2.08. The minimum atomic E-state index is -0.716. The lowest BCUT2D eigenvalue weighted by Crippen LogP contribution is -2.24. The second-order valence-corrected chi connectivity index (χ2v) is 5.59. The predicted octanol–water partition coefficient (Wildman–Crippen LogP) is -0.0301. The molecule has 1 aliphatic rings. The number of hydrogen-bond donors (Lipinski definition) is 3. The predicted molar refractivity (Wildman–Crippen MR) is 74.7 cm³/mol. The first-order valence-corrected chi connectivity index (χ1v) is 6.87. The fourth-order valence-corrected chi connectivity index (χ4v) is 3.11. The Morgan fingerprint density at radius 1 is 1.63 bits per heavy atom. The molecule has 0 spiro atoms. The quantitative estimate of drug-likeness (QED) is 0.639. The first-order chi connectivity index (χ1) is 9.11. The molecule has 1 saturated heterocycles. The maximum Gasteiger partial charge on any atom is 0.261 e. The third-order valence-corrected chi connectivity index (χ3v) is 4.08. The molecule has 3 atom stereocenters. The van der Waals surface area contributed by atoms with Crippen LogP contribution in [0.3, 0.4) is 0 Å². The van der Waals surface area contributed by atoms with E-state index in [0.717, 1.165) is 3.57 Å². The van der Waals surface area contributed by atoms with E-state index < -0.39 is 18.4 Å². The van der Waals surface area contributed by atoms with Crippen molar-refractivity contribution in [2.75, 3.05) is 6.61 Å². The van der Waals surface area contributed by atoms with Crippen LogP contribution in [0.1, 0.15) is 12.6 Å². The van der Waals surface area contributed by atoms with Gasteiger partial charge in [0.1, 0.15) is 18.0 Å². The number of halogens is 1. The summed E-state index contributed by atoms with van der Waals surface area (Å²) in [4.78, 5) is 18.5. The molecule has 1 aliphatic heterocycles. The number of nitrogens with zero attached hydrogens (tertiary/aromatic N) is 2. The Labute approximate surface area is 121 Å². The second kappa shape index (κ2) is 4.85. The summed E-state index contributed by atoms with van der Waals surface area (Å²) in [7, 11) is 0. The van der Waals surface area contributed by atoms with Crippen molar-refractivity contribution in [1.29, 1.82) is 0 Å². The number of fused-ring (bicyclic) bond motifs is 1. The average Bonchev–Trinajstić information content (AvgIpc) is 2.91. The smallest absolute Gasteiger partial charge is 0.261 e. The van der Waals surface area contributed by atoms with Gasteiger partial charge in [-0.1, -0.05) is 0 Å². The SMILES string of the molecule is O=c1[nH]cnc2c1c(I)cn2[C@H]1C[C@H](O)[C@@H](CO)O1. The molecule has 0 radical (unpaired) electrons. The van der Waals surface area contributed by atoms with Crippen molar-refractivity contribution in [2.24, 2.45) is 0 Å². The number of nitrogens with one attached hydrogen (secondary N) is 1. The zero-order valence-corrected chi connectivity index (χ0v) is 11.9. The molecule has 7 nitrogen and oxygen atoms in total. The average molecular weight is 377 g/mol. The number of aromatic amines is 1. The van der Waals surface area contributed by atoms with Crippen molar-refractivity contribution >= 4 is 33.6 Å². The van der Waals surface area contributed by atoms with Crippen molar-refractivity contribution in [1.82, 2.24) is 14.5 Å². The highest BCUT2D eigenvalue weighted by molar-refractivity contribution is 14.1. The summed E-state index contributed by atoms with van der Waals surface area (Å²) < 4.78 is 8.08. The molecule has 0 unspecified atom stereocenters. The molecule has 3 heterocycles. The van der Waals surface area contributed by atoms with Crippen LogP contribution in [-0.4, -0.2) is 43.6 Å². The summed E-state index contributed by atoms with van der Waals surface area (Å²) in [5, 5.41) is 19.4. The van der Waals surface area contributed by atoms with Gasteiger partial charge in [-0.15, -0.1) is 0 Å². The highest BCUT2D eigenvalue weighted by atomic mass is 127. The fourth-order valence-electron chi connectivity index (χ4n) is 2.32. The van der Waals surface area contributed by atoms with Crippen LogP contribution in [0.25, 0.3) is 11.0 Å². The lowest BCUT2D eigenvalue weighted by Gasteiger charge is -2.14. The first-order valence-electron chi connectivity index (χ1n) is 5.80. The monoisotopic (exact) mass is 377 g/mol. The topological polar surface area (TPSA) is 100 Å². The molecular weight excluding hydrogens is 365 g/mol. The van der Waals surface area contributed by atoms with E-state index in [1.807, 2.05) is 0 Å². The summed E-state index contributed by atoms with van der Waals surface area (Å²) in [6.45, 7) is -0.234. The van der Waals surface area contributed by atoms with Crippen molar-refractivity contribution in [2.45, 2.75) is 24.9 Å². The Morgan fingerprint density at radius 2 is 2.42 bits per heavy atom. The number of H-pyrrole nitrogens is 1. The van der Waals surface area contributed by atoms with E-state index in [4.69, 9.17) is 9.84 Å². The number of ether oxygens (including phenoxy) is 1. The molecule has 0 amide bonds. The van der Waals surface area contributed by atoms with Crippen molar-refractivity contribution in [3.63, 3.8) is 0 Å². The number of aromatic nitrogens is 3. The van der Waals surface area contributed by atoms with Crippen LogP contribution in [0.2, 0.25) is 0 Å². The van der Waals surface area contributed by atoms with E-state index in [-0.39, 0.29) is 12.2 Å². The van der Waals surface area contributed by atoms with E-state index in [2.05, 4.69) is 32.6 Å². The molecular formula is C11H12IN3O4. The molecule has 2 aromatic heterocycles. The normalized spacial score (nSPS) is 27.2. The van der Waals surface area contributed by atoms with Gasteiger partial charge in [0.2, 0.25) is 0 Å². The molecule has 0 aromatic carbocycles. The maximum atomic E-state index is 11.8. The summed E-state index contributed by atoms with van der Waals surface area (Å²) in [6, 6.07) is 0. The number of hydrogen-bond acceptors (Lipinski definition) is 5. The Bertz CT molecular complexity index is 667. The van der Waals surface area contributed by atoms with Gasteiger partial charge < -0.3 is 24.5 Å². The fraction of sp³-hybridized carbons (Fsp3) is 0.455. The van der Waals surface area contributed by atoms with Crippen LogP contribution in [0.5, 0.6) is 0 Å². The molecule has 3 N–H and O–H groups in total. The highest BCUT2D eigenvalue weighted by Crippen LogP contribution is 2.32. The zero-order chi connectivity index (χ0) is 13.6. The number of aliphatic hydroxyl groups excluding tert-OH is 2. The van der Waals surface area contributed by atoms with E-state index in [1.165, 1.54) is 6.33 Å². The Morgan fingerprint density at radius 3 is 3.11 bits per heavy atom. The van der Waals surface area contributed by atoms with Crippen molar-refractivity contribution in [3.05, 3.63) is 26.4 Å². The first kappa shape index (κ1) is 13.0.